The molecule has 1 aromatic rings. The Morgan fingerprint density at radius 1 is 1.20 bits per heavy atom. The maximum absolute atomic E-state index is 13.8. The molecule has 8 nitrogen and oxygen atoms in total. The molecule has 0 radical (unpaired) electrons. The van der Waals surface area contributed by atoms with Gasteiger partial charge in [-0.3, -0.25) is 19.4 Å². The van der Waals surface area contributed by atoms with Gasteiger partial charge in [0.05, 0.1) is 25.4 Å². The molecule has 2 N–H and O–H groups in total. The van der Waals surface area contributed by atoms with E-state index in [9.17, 15) is 9.59 Å². The second-order valence-corrected chi connectivity index (χ2v) is 11.7. The van der Waals surface area contributed by atoms with Crippen LogP contribution >= 0.6 is 0 Å². The third kappa shape index (κ3) is 5.66. The molecule has 1 amide bonds. The molecule has 0 unspecified atom stereocenters. The zero-order valence-corrected chi connectivity index (χ0v) is 22.5. The van der Waals surface area contributed by atoms with Crippen molar-refractivity contribution in [2.75, 3.05) is 50.8 Å². The Hall–Kier alpha value is -1.74. The number of morpholine rings is 1. The van der Waals surface area contributed by atoms with Crippen molar-refractivity contribution >= 4 is 11.6 Å². The molecular formula is C27H45N5O3. The van der Waals surface area contributed by atoms with Crippen LogP contribution in [0.2, 0.25) is 0 Å². The van der Waals surface area contributed by atoms with Gasteiger partial charge in [0, 0.05) is 67.0 Å². The van der Waals surface area contributed by atoms with E-state index in [4.69, 9.17) is 4.74 Å². The number of anilines is 1. The summed E-state index contributed by atoms with van der Waals surface area (Å²) in [4.78, 5) is 36.4. The molecule has 1 aromatic heterocycles. The summed E-state index contributed by atoms with van der Waals surface area (Å²) in [5, 5.41) is 3.62. The average molecular weight is 488 g/mol. The van der Waals surface area contributed by atoms with Crippen LogP contribution in [-0.2, 0) is 21.4 Å². The lowest BCUT2D eigenvalue weighted by Gasteiger charge is -2.46. The molecule has 2 saturated heterocycles. The number of piperazine rings is 1. The minimum Gasteiger partial charge on any atom is -0.378 e. The molecule has 0 saturated carbocycles. The first kappa shape index (κ1) is 26.3. The topological polar surface area (TPSA) is 80.9 Å². The fraction of sp³-hybridized carbons (Fsp3) is 0.778. The Morgan fingerprint density at radius 3 is 2.60 bits per heavy atom. The normalized spacial score (nSPS) is 29.4. The average Bonchev–Trinajstić information content (AvgIpc) is 3.06. The molecule has 4 heterocycles. The van der Waals surface area contributed by atoms with Crippen molar-refractivity contribution in [1.82, 2.24) is 20.1 Å². The number of nitrogens with one attached hydrogen (secondary N) is 2. The fourth-order valence-electron chi connectivity index (χ4n) is 5.93. The highest BCUT2D eigenvalue weighted by Crippen LogP contribution is 2.39. The van der Waals surface area contributed by atoms with Gasteiger partial charge in [-0.25, -0.2) is 0 Å². The number of aromatic nitrogens is 1. The number of amides is 1. The first-order valence-corrected chi connectivity index (χ1v) is 13.5. The van der Waals surface area contributed by atoms with Crippen molar-refractivity contribution in [2.45, 2.75) is 90.4 Å². The van der Waals surface area contributed by atoms with Gasteiger partial charge in [-0.05, 0) is 39.7 Å². The van der Waals surface area contributed by atoms with Gasteiger partial charge < -0.3 is 19.9 Å². The lowest BCUT2D eigenvalue weighted by Crippen LogP contribution is -2.63. The number of H-pyrrole nitrogens is 1. The van der Waals surface area contributed by atoms with Gasteiger partial charge in [0.2, 0.25) is 5.91 Å². The molecule has 2 fully saturated rings. The standard InChI is InChI=1S/C27H45N5O3/c1-7-8-9-21-10-23-25(29-26(21)34)27(5,6)17-32(23)24(33)14-30-12-18(2)28-11-22(30)13-31-19(3)15-35-16-20(31)4/h10,18-20,22,28H,7-9,11-17H2,1-6H3,(H,29,34)/t18-,19-,20-,22-/m1/s1. The Bertz CT molecular complexity index is 951. The monoisotopic (exact) mass is 487 g/mol. The van der Waals surface area contributed by atoms with E-state index < -0.39 is 0 Å². The van der Waals surface area contributed by atoms with Gasteiger partial charge in [0.15, 0.2) is 0 Å². The number of carbonyl (C=O) groups is 1. The third-order valence-corrected chi connectivity index (χ3v) is 8.06. The zero-order valence-electron chi connectivity index (χ0n) is 22.5. The number of ether oxygens (including phenoxy) is 1. The van der Waals surface area contributed by atoms with Crippen LogP contribution in [-0.4, -0.2) is 90.8 Å². The van der Waals surface area contributed by atoms with E-state index in [0.717, 1.165) is 69.1 Å². The number of hydrogen-bond acceptors (Lipinski definition) is 6. The number of aromatic amines is 1. The first-order chi connectivity index (χ1) is 16.6. The number of rotatable bonds is 7. The summed E-state index contributed by atoms with van der Waals surface area (Å²) in [6, 6.07) is 3.34. The van der Waals surface area contributed by atoms with Gasteiger partial charge in [-0.1, -0.05) is 27.2 Å². The number of hydrogen-bond donors (Lipinski definition) is 2. The zero-order chi connectivity index (χ0) is 25.3. The Morgan fingerprint density at radius 2 is 1.91 bits per heavy atom. The third-order valence-electron chi connectivity index (χ3n) is 8.06. The first-order valence-electron chi connectivity index (χ1n) is 13.5. The van der Waals surface area contributed by atoms with Crippen LogP contribution in [0.1, 0.15) is 65.6 Å². The smallest absolute Gasteiger partial charge is 0.251 e. The molecule has 196 valence electrons. The van der Waals surface area contributed by atoms with Crippen molar-refractivity contribution < 1.29 is 9.53 Å². The van der Waals surface area contributed by atoms with E-state index in [1.807, 2.05) is 11.0 Å². The summed E-state index contributed by atoms with van der Waals surface area (Å²) in [5.41, 5.74) is 2.27. The SMILES string of the molecule is CCCCc1cc2c([nH]c1=O)C(C)(C)CN2C(=O)CN1C[C@@H](C)NC[C@@H]1CN1[C@H](C)COC[C@H]1C. The van der Waals surface area contributed by atoms with E-state index in [1.165, 1.54) is 0 Å². The van der Waals surface area contributed by atoms with Crippen LogP contribution in [0, 0.1) is 0 Å². The number of aryl methyl sites for hydroxylation is 1. The molecule has 3 aliphatic heterocycles. The van der Waals surface area contributed by atoms with E-state index in [2.05, 4.69) is 61.6 Å². The Balaban J connectivity index is 1.53. The largest absolute Gasteiger partial charge is 0.378 e. The highest BCUT2D eigenvalue weighted by molar-refractivity contribution is 5.97. The minimum atomic E-state index is -0.276. The van der Waals surface area contributed by atoms with E-state index in [1.54, 1.807) is 0 Å². The number of fused-ring (bicyclic) bond motifs is 1. The molecule has 35 heavy (non-hydrogen) atoms. The second-order valence-electron chi connectivity index (χ2n) is 11.7. The van der Waals surface area contributed by atoms with Crippen molar-refractivity contribution in [3.63, 3.8) is 0 Å². The number of pyridine rings is 1. The van der Waals surface area contributed by atoms with Gasteiger partial charge in [0.25, 0.3) is 5.56 Å². The van der Waals surface area contributed by atoms with E-state index >= 15 is 0 Å². The number of carbonyl (C=O) groups excluding carboxylic acids is 1. The summed E-state index contributed by atoms with van der Waals surface area (Å²) < 4.78 is 5.73. The second kappa shape index (κ2) is 10.7. The summed E-state index contributed by atoms with van der Waals surface area (Å²) >= 11 is 0. The van der Waals surface area contributed by atoms with Gasteiger partial charge in [-0.15, -0.1) is 0 Å². The lowest BCUT2D eigenvalue weighted by molar-refractivity contribution is -0.121. The van der Waals surface area contributed by atoms with Crippen LogP contribution in [0.25, 0.3) is 0 Å². The molecule has 4 atom stereocenters. The quantitative estimate of drug-likeness (QED) is 0.613. The Kier molecular flexibility index (Phi) is 8.05. The molecule has 0 spiro atoms. The summed E-state index contributed by atoms with van der Waals surface area (Å²) in [6.45, 7) is 18.1. The van der Waals surface area contributed by atoms with E-state index in [-0.39, 0.29) is 22.9 Å². The predicted octanol–water partition coefficient (Wildman–Crippen LogP) is 2.11. The minimum absolute atomic E-state index is 0.00989. The van der Waals surface area contributed by atoms with Gasteiger partial charge in [-0.2, -0.15) is 0 Å². The number of unbranched alkanes of at least 4 members (excludes halogenated alkanes) is 1. The maximum Gasteiger partial charge on any atom is 0.251 e. The molecular weight excluding hydrogens is 442 g/mol. The molecule has 0 aliphatic carbocycles. The van der Waals surface area contributed by atoms with Gasteiger partial charge >= 0.3 is 0 Å². The van der Waals surface area contributed by atoms with Crippen LogP contribution in [0.5, 0.6) is 0 Å². The molecule has 8 heteroatoms. The van der Waals surface area contributed by atoms with Crippen LogP contribution < -0.4 is 15.8 Å². The molecule has 4 rings (SSSR count). The Labute approximate surface area is 210 Å². The van der Waals surface area contributed by atoms with E-state index in [0.29, 0.717) is 31.2 Å². The van der Waals surface area contributed by atoms with Crippen LogP contribution in [0.4, 0.5) is 5.69 Å². The van der Waals surface area contributed by atoms with Crippen molar-refractivity contribution in [3.05, 3.63) is 27.7 Å². The summed E-state index contributed by atoms with van der Waals surface area (Å²) in [6.07, 6.45) is 2.75. The summed E-state index contributed by atoms with van der Waals surface area (Å²) in [5.74, 6) is 0.118. The van der Waals surface area contributed by atoms with Crippen molar-refractivity contribution in [3.8, 4) is 0 Å². The van der Waals surface area contributed by atoms with Crippen molar-refractivity contribution in [1.29, 1.82) is 0 Å². The molecule has 0 aromatic carbocycles. The summed E-state index contributed by atoms with van der Waals surface area (Å²) in [7, 11) is 0. The van der Waals surface area contributed by atoms with Crippen LogP contribution in [0.3, 0.4) is 0 Å². The fourth-order valence-corrected chi connectivity index (χ4v) is 5.93. The predicted molar refractivity (Wildman–Crippen MR) is 140 cm³/mol. The molecule has 0 bridgehead atoms. The van der Waals surface area contributed by atoms with Crippen molar-refractivity contribution in [2.24, 2.45) is 0 Å². The highest BCUT2D eigenvalue weighted by Gasteiger charge is 2.41. The highest BCUT2D eigenvalue weighted by atomic mass is 16.5. The number of nitrogens with zero attached hydrogens (tertiary/aromatic N) is 3. The molecule has 3 aliphatic rings. The maximum atomic E-state index is 13.8. The van der Waals surface area contributed by atoms with Crippen LogP contribution in [0.15, 0.2) is 10.9 Å². The lowest BCUT2D eigenvalue weighted by atomic mass is 9.91. The van der Waals surface area contributed by atoms with Gasteiger partial charge in [0.1, 0.15) is 0 Å².